The van der Waals surface area contributed by atoms with Crippen LogP contribution in [0.15, 0.2) is 84.9 Å². The maximum Gasteiger partial charge on any atom is 0.500 e. The Kier molecular flexibility index (Phi) is 55.3. The monoisotopic (exact) mass is 1780 g/mol. The van der Waals surface area contributed by atoms with Crippen LogP contribution in [0.5, 0.6) is 0 Å². The number of rotatable bonds is 34. The number of para-hydroxylation sites is 2. The van der Waals surface area contributed by atoms with Gasteiger partial charge < -0.3 is 97.9 Å². The molecule has 3 aromatic carbocycles. The van der Waals surface area contributed by atoms with Gasteiger partial charge in [-0.1, -0.05) is 106 Å². The Balaban J connectivity index is 0.000000362. The zero-order valence-electron chi connectivity index (χ0n) is 74.0. The first-order valence-corrected chi connectivity index (χ1v) is 67.2. The Labute approximate surface area is 698 Å². The maximum absolute atomic E-state index is 9.29. The van der Waals surface area contributed by atoms with Gasteiger partial charge in [-0.25, -0.2) is 9.78 Å². The third-order valence-corrected chi connectivity index (χ3v) is 56.9. The summed E-state index contributed by atoms with van der Waals surface area (Å²) in [5.74, 6) is 0. The number of benzene rings is 3. The quantitative estimate of drug-likeness (QED) is 0.0254. The molecule has 24 nitrogen and oxygen atoms in total. The molecule has 656 valence electrons. The Morgan fingerprint density at radius 1 is 0.345 bits per heavy atom. The van der Waals surface area contributed by atoms with Crippen LogP contribution in [-0.2, 0) is 98.0 Å². The summed E-state index contributed by atoms with van der Waals surface area (Å²) in [6, 6.07) is 44.0. The van der Waals surface area contributed by atoms with Crippen LogP contribution in [0.2, 0.25) is 118 Å². The maximum atomic E-state index is 9.29. The lowest BCUT2D eigenvalue weighted by Crippen LogP contribution is -2.55. The molecule has 0 spiro atoms. The number of anilines is 3. The molecule has 0 radical (unpaired) electrons. The van der Waals surface area contributed by atoms with E-state index in [2.05, 4.69) is 132 Å². The van der Waals surface area contributed by atoms with Gasteiger partial charge in [-0.05, 0) is 206 Å². The minimum Gasteiger partial charge on any atom is -0.442 e. The van der Waals surface area contributed by atoms with E-state index in [0.29, 0.717) is 0 Å². The predicted molar refractivity (Wildman–Crippen MR) is 480 cm³/mol. The summed E-state index contributed by atoms with van der Waals surface area (Å²) in [5.41, 5.74) is 3.41. The molecule has 113 heavy (non-hydrogen) atoms. The topological polar surface area (TPSA) is 227 Å². The number of hydrogen-bond acceptors (Lipinski definition) is 24. The first-order chi connectivity index (χ1) is 54.3. The van der Waals surface area contributed by atoms with Crippen LogP contribution in [-0.4, -0.2) is 246 Å². The Hall–Kier alpha value is -1.07. The number of nitrogens with zero attached hydrogens (tertiary/aromatic N) is 1. The number of unbranched alkanes of at least 4 members (excludes halogenated alkanes) is 5. The van der Waals surface area contributed by atoms with Gasteiger partial charge in [0, 0.05) is 173 Å². The lowest BCUT2D eigenvalue weighted by atomic mass is 10.1. The molecular formula is C78H157NO23Si11. The van der Waals surface area contributed by atoms with Crippen LogP contribution in [0, 0.1) is 0 Å². The van der Waals surface area contributed by atoms with Crippen molar-refractivity contribution in [3.63, 3.8) is 0 Å². The Bertz CT molecular complexity index is 2680. The van der Waals surface area contributed by atoms with Gasteiger partial charge in [-0.2, -0.15) is 0 Å². The fourth-order valence-electron chi connectivity index (χ4n) is 14.8. The summed E-state index contributed by atoms with van der Waals surface area (Å²) in [7, 11) is 3.17. The fourth-order valence-corrected chi connectivity index (χ4v) is 44.4. The van der Waals surface area contributed by atoms with Crippen molar-refractivity contribution >= 4 is 118 Å². The normalized spacial score (nSPS) is 25.2. The van der Waals surface area contributed by atoms with Gasteiger partial charge >= 0.3 is 60.9 Å². The fraction of sp³-hybridized carbons (Fsp3) is 0.769. The standard InChI is InChI=1S/C27H35NO4Si2.C16H36O4Si2.C10H24O4Si2.C6H14O3Si.C6H16O2Si2.C6H14O2Si.C5H12O2Si.C2H6O2/c1-29-34(30-2,31-3)23-22-33(21-11-10-20-32-33)27-18-16-26(17-19-27)28(24-12-6-4-7-13-24)25-14-8-5-9-15-25;1-17-22(18-2,19-3)16-11-8-6-5-7-10-14-21(4)15-12-9-13-20-21;1-11-16(12-2,13-3)10-9-15(4)8-6-5-7-14-15;1-7-10(8-2)6-4-3-5-9-10;1-9-8-10(2)6-4-3-5-7-10;1-7-9(2)6-4-3-5-8-9;1-8(6)5-3-2-4-7-8;1-3-4-2/h4-9,12-19H,10-11,20-23H2,1-3H3;5-16H2,1-4H3;5-10H2,1-4H3;3-6H2,1-2H3;3-6,9H2,1-2H3;3-6H2,1-2H3;6H,2-5H2,1H3;1-2H3. The van der Waals surface area contributed by atoms with Gasteiger partial charge in [0.1, 0.15) is 9.76 Å². The first kappa shape index (κ1) is 106. The molecule has 6 atom stereocenters. The Morgan fingerprint density at radius 2 is 0.717 bits per heavy atom. The van der Waals surface area contributed by atoms with Crippen molar-refractivity contribution in [1.29, 1.82) is 0 Å². The second kappa shape index (κ2) is 58.8. The smallest absolute Gasteiger partial charge is 0.442 e. The number of hydrogen-bond donors (Lipinski definition) is 1. The van der Waals surface area contributed by atoms with Crippen molar-refractivity contribution in [3.8, 4) is 0 Å². The second-order valence-electron chi connectivity index (χ2n) is 30.6. The van der Waals surface area contributed by atoms with E-state index in [4.69, 9.17) is 88.2 Å². The van der Waals surface area contributed by atoms with Crippen molar-refractivity contribution in [1.82, 2.24) is 0 Å². The van der Waals surface area contributed by atoms with E-state index >= 15 is 0 Å². The van der Waals surface area contributed by atoms with E-state index < -0.39 is 85.9 Å². The average Bonchev–Trinajstić information content (AvgIpc) is 0.781. The summed E-state index contributed by atoms with van der Waals surface area (Å²) in [6.07, 6.45) is 24.9. The summed E-state index contributed by atoms with van der Waals surface area (Å²) in [6.45, 7) is 19.3. The highest BCUT2D eigenvalue weighted by atomic mass is 28.4. The van der Waals surface area contributed by atoms with E-state index in [1.165, 1.54) is 146 Å². The van der Waals surface area contributed by atoms with Crippen LogP contribution in [0.4, 0.5) is 17.1 Å². The summed E-state index contributed by atoms with van der Waals surface area (Å²) < 4.78 is 112. The molecule has 7 heterocycles. The van der Waals surface area contributed by atoms with Crippen LogP contribution < -0.4 is 10.1 Å². The average molecular weight is 1790 g/mol. The van der Waals surface area contributed by atoms with Gasteiger partial charge in [-0.15, -0.1) is 0 Å². The SMILES string of the molecule is COOC.CO[Si](CCCCCCCC[Si]1(C)CCCCO1)(OC)OC.CO[Si](CC[Si]1(C)CCCCO1)(OC)OC.CO[Si](CC[Si]1(c2ccc(N(c3ccccc3)c3ccccc3)cc2)CCCCO1)(OC)OC.CO[Si]1(C)CCCCO1.CO[Si]1(OC)CCCCO1.C[SiH2]O[Si]1(C)CCCCO1.C[Si]1(O)CCCCO1. The van der Waals surface area contributed by atoms with Crippen molar-refractivity contribution < 1.29 is 103 Å². The minimum atomic E-state index is -2.65. The second-order valence-corrected chi connectivity index (χ2v) is 66.5. The molecule has 7 fully saturated rings. The first-order valence-electron chi connectivity index (χ1n) is 41.9. The summed E-state index contributed by atoms with van der Waals surface area (Å²) in [4.78, 5) is 19.7. The predicted octanol–water partition coefficient (Wildman–Crippen LogP) is 17.5. The highest BCUT2D eigenvalue weighted by Gasteiger charge is 2.47. The molecule has 0 bridgehead atoms. The van der Waals surface area contributed by atoms with Crippen molar-refractivity contribution in [2.24, 2.45) is 0 Å². The third kappa shape index (κ3) is 40.2. The van der Waals surface area contributed by atoms with E-state index in [-0.39, 0.29) is 9.76 Å². The molecule has 10 rings (SSSR count). The molecule has 0 saturated carbocycles. The van der Waals surface area contributed by atoms with Crippen molar-refractivity contribution in [2.45, 2.75) is 246 Å². The Morgan fingerprint density at radius 3 is 1.05 bits per heavy atom. The molecule has 0 aromatic heterocycles. The van der Waals surface area contributed by atoms with Crippen molar-refractivity contribution in [3.05, 3.63) is 84.9 Å². The molecule has 0 amide bonds. The molecule has 1 N–H and O–H groups in total. The molecular weight excluding hydrogens is 1630 g/mol. The van der Waals surface area contributed by atoms with Crippen LogP contribution in [0.3, 0.4) is 0 Å². The van der Waals surface area contributed by atoms with E-state index in [9.17, 15) is 4.80 Å². The largest absolute Gasteiger partial charge is 0.500 e. The van der Waals surface area contributed by atoms with Gasteiger partial charge in [-0.3, -0.25) is 0 Å². The van der Waals surface area contributed by atoms with Gasteiger partial charge in [0.15, 0.2) is 16.6 Å². The molecule has 3 aromatic rings. The van der Waals surface area contributed by atoms with Gasteiger partial charge in [0.2, 0.25) is 8.32 Å². The lowest BCUT2D eigenvalue weighted by Gasteiger charge is -2.37. The highest BCUT2D eigenvalue weighted by molar-refractivity contribution is 6.87. The van der Waals surface area contributed by atoms with E-state index in [1.54, 1.807) is 85.3 Å². The molecule has 7 aliphatic rings. The molecule has 7 saturated heterocycles. The van der Waals surface area contributed by atoms with Crippen LogP contribution >= 0.6 is 0 Å². The molecule has 7 aliphatic heterocycles. The van der Waals surface area contributed by atoms with Crippen LogP contribution in [0.1, 0.15) is 128 Å². The van der Waals surface area contributed by atoms with Gasteiger partial charge in [0.05, 0.1) is 14.2 Å². The van der Waals surface area contributed by atoms with Crippen molar-refractivity contribution in [2.75, 3.05) is 151 Å². The molecule has 6 unspecified atom stereocenters. The van der Waals surface area contributed by atoms with E-state index in [0.717, 1.165) is 144 Å². The molecule has 35 heteroatoms. The highest BCUT2D eigenvalue weighted by Crippen LogP contribution is 2.37. The zero-order valence-corrected chi connectivity index (χ0v) is 85.4. The van der Waals surface area contributed by atoms with E-state index in [1.807, 2.05) is 6.55 Å². The van der Waals surface area contributed by atoms with Crippen LogP contribution in [0.25, 0.3) is 0 Å². The summed E-state index contributed by atoms with van der Waals surface area (Å²) in [5, 5.41) is 1.34. The zero-order chi connectivity index (χ0) is 83.3. The van der Waals surface area contributed by atoms with Gasteiger partial charge in [0.25, 0.3) is 0 Å². The summed E-state index contributed by atoms with van der Waals surface area (Å²) >= 11 is 0. The lowest BCUT2D eigenvalue weighted by molar-refractivity contribution is -0.248. The molecule has 0 aliphatic carbocycles. The minimum absolute atomic E-state index is 0.251. The third-order valence-electron chi connectivity index (χ3n) is 22.3.